The lowest BCUT2D eigenvalue weighted by Gasteiger charge is -2.55. The Kier molecular flexibility index (Phi) is 2.37. The maximum absolute atomic E-state index is 5.51. The maximum atomic E-state index is 5.51. The van der Waals surface area contributed by atoms with Crippen molar-refractivity contribution in [1.82, 2.24) is 4.90 Å². The van der Waals surface area contributed by atoms with Gasteiger partial charge in [0.25, 0.3) is 0 Å². The van der Waals surface area contributed by atoms with Crippen LogP contribution < -0.4 is 5.73 Å². The number of nitrogens with two attached hydrogens (primary N) is 1. The molecule has 0 spiro atoms. The third kappa shape index (κ3) is 1.38. The summed E-state index contributed by atoms with van der Waals surface area (Å²) >= 11 is 0. The first-order valence-electron chi connectivity index (χ1n) is 5.27. The van der Waals surface area contributed by atoms with Crippen LogP contribution in [0.3, 0.4) is 0 Å². The molecule has 2 N–H and O–H groups in total. The van der Waals surface area contributed by atoms with Crippen LogP contribution in [0.1, 0.15) is 32.6 Å². The molecule has 70 valence electrons. The summed E-state index contributed by atoms with van der Waals surface area (Å²) in [5, 5.41) is 0. The summed E-state index contributed by atoms with van der Waals surface area (Å²) in [7, 11) is 0. The van der Waals surface area contributed by atoms with Gasteiger partial charge in [-0.05, 0) is 44.7 Å². The third-order valence-electron chi connectivity index (χ3n) is 3.45. The van der Waals surface area contributed by atoms with Crippen molar-refractivity contribution < 1.29 is 0 Å². The van der Waals surface area contributed by atoms with Crippen molar-refractivity contribution in [2.45, 2.75) is 44.7 Å². The van der Waals surface area contributed by atoms with Crippen molar-refractivity contribution in [3.8, 4) is 0 Å². The first kappa shape index (κ1) is 8.52. The van der Waals surface area contributed by atoms with E-state index in [0.29, 0.717) is 0 Å². The van der Waals surface area contributed by atoms with Crippen molar-refractivity contribution in [2.75, 3.05) is 13.1 Å². The summed E-state index contributed by atoms with van der Waals surface area (Å²) in [6.45, 7) is 4.49. The smallest absolute Gasteiger partial charge is 0.0116 e. The normalized spacial score (nSPS) is 41.0. The molecule has 12 heavy (non-hydrogen) atoms. The molecule has 2 heteroatoms. The molecule has 0 amide bonds. The molecule has 0 aromatic rings. The number of nitrogens with zero attached hydrogens (tertiary/aromatic N) is 1. The molecule has 2 bridgehead atoms. The van der Waals surface area contributed by atoms with Gasteiger partial charge in [-0.1, -0.05) is 6.92 Å². The van der Waals surface area contributed by atoms with Gasteiger partial charge < -0.3 is 5.73 Å². The predicted octanol–water partition coefficient (Wildman–Crippen LogP) is 1.21. The monoisotopic (exact) mass is 168 g/mol. The summed E-state index contributed by atoms with van der Waals surface area (Å²) in [5.74, 6) is 0.975. The van der Waals surface area contributed by atoms with Crippen molar-refractivity contribution >= 4 is 0 Å². The molecule has 2 nitrogen and oxygen atoms in total. The Balaban J connectivity index is 1.80. The lowest BCUT2D eigenvalue weighted by Crippen LogP contribution is -2.60. The fraction of sp³-hybridized carbons (Fsp3) is 1.00. The van der Waals surface area contributed by atoms with Crippen LogP contribution in [0, 0.1) is 5.92 Å². The predicted molar refractivity (Wildman–Crippen MR) is 51.0 cm³/mol. The Morgan fingerprint density at radius 3 is 2.50 bits per heavy atom. The fourth-order valence-electron chi connectivity index (χ4n) is 2.87. The summed E-state index contributed by atoms with van der Waals surface area (Å²) in [6, 6.07) is 1.84. The fourth-order valence-corrected chi connectivity index (χ4v) is 2.87. The number of hydrogen-bond acceptors (Lipinski definition) is 2. The van der Waals surface area contributed by atoms with Crippen LogP contribution in [0.4, 0.5) is 0 Å². The van der Waals surface area contributed by atoms with E-state index in [0.717, 1.165) is 24.5 Å². The lowest BCUT2D eigenvalue weighted by molar-refractivity contribution is -0.0479. The van der Waals surface area contributed by atoms with E-state index in [1.54, 1.807) is 0 Å². The first-order valence-corrected chi connectivity index (χ1v) is 5.27. The van der Waals surface area contributed by atoms with Crippen LogP contribution >= 0.6 is 0 Å². The van der Waals surface area contributed by atoms with Gasteiger partial charge in [0.1, 0.15) is 0 Å². The summed E-state index contributed by atoms with van der Waals surface area (Å²) < 4.78 is 0. The van der Waals surface area contributed by atoms with Gasteiger partial charge in [-0.25, -0.2) is 0 Å². The Bertz CT molecular complexity index is 146. The van der Waals surface area contributed by atoms with Gasteiger partial charge in [-0.2, -0.15) is 0 Å². The minimum atomic E-state index is 0.853. The van der Waals surface area contributed by atoms with Gasteiger partial charge in [0.2, 0.25) is 0 Å². The minimum absolute atomic E-state index is 0.853. The molecule has 0 radical (unpaired) electrons. The van der Waals surface area contributed by atoms with Gasteiger partial charge in [-0.15, -0.1) is 0 Å². The third-order valence-corrected chi connectivity index (χ3v) is 3.45. The molecule has 1 saturated carbocycles. The second kappa shape index (κ2) is 3.35. The Morgan fingerprint density at radius 2 is 1.92 bits per heavy atom. The van der Waals surface area contributed by atoms with E-state index in [1.807, 2.05) is 0 Å². The first-order chi connectivity index (χ1) is 5.81. The van der Waals surface area contributed by atoms with Gasteiger partial charge >= 0.3 is 0 Å². The standard InChI is InChI=1S/C10H20N2/c1-8-5-9-7-10(6-8)12(9)4-2-3-11/h8-10H,2-7,11H2,1H3. The Morgan fingerprint density at radius 1 is 1.25 bits per heavy atom. The molecule has 2 saturated heterocycles. The number of piperidine rings is 1. The summed E-state index contributed by atoms with van der Waals surface area (Å²) in [5.41, 5.74) is 5.51. The van der Waals surface area contributed by atoms with E-state index in [1.165, 1.54) is 32.2 Å². The van der Waals surface area contributed by atoms with Crippen LogP contribution in [-0.2, 0) is 0 Å². The average molecular weight is 168 g/mol. The Hall–Kier alpha value is -0.0800. The SMILES string of the molecule is CC1CC2CC(C1)N2CCCN. The molecular weight excluding hydrogens is 148 g/mol. The Labute approximate surface area is 75.1 Å². The van der Waals surface area contributed by atoms with E-state index in [-0.39, 0.29) is 0 Å². The number of hydrogen-bond donors (Lipinski definition) is 1. The molecule has 0 aromatic carbocycles. The second-order valence-electron chi connectivity index (χ2n) is 4.50. The minimum Gasteiger partial charge on any atom is -0.330 e. The molecule has 3 aliphatic rings. The van der Waals surface area contributed by atoms with Crippen LogP contribution in [0.5, 0.6) is 0 Å². The van der Waals surface area contributed by atoms with Gasteiger partial charge in [0.15, 0.2) is 0 Å². The zero-order valence-electron chi connectivity index (χ0n) is 8.00. The molecule has 3 fully saturated rings. The average Bonchev–Trinajstić information content (AvgIpc) is 2.04. The van der Waals surface area contributed by atoms with Gasteiger partial charge in [-0.3, -0.25) is 4.90 Å². The molecule has 0 aromatic heterocycles. The number of rotatable bonds is 3. The largest absolute Gasteiger partial charge is 0.330 e. The molecule has 2 heterocycles. The van der Waals surface area contributed by atoms with Crippen LogP contribution in [0.25, 0.3) is 0 Å². The van der Waals surface area contributed by atoms with Crippen LogP contribution in [-0.4, -0.2) is 30.1 Å². The highest BCUT2D eigenvalue weighted by Crippen LogP contribution is 2.40. The molecule has 1 aliphatic carbocycles. The van der Waals surface area contributed by atoms with Crippen LogP contribution in [0.15, 0.2) is 0 Å². The summed E-state index contributed by atoms with van der Waals surface area (Å²) in [4.78, 5) is 2.67. The molecule has 2 unspecified atom stereocenters. The van der Waals surface area contributed by atoms with Crippen molar-refractivity contribution in [3.63, 3.8) is 0 Å². The van der Waals surface area contributed by atoms with E-state index in [2.05, 4.69) is 11.8 Å². The highest BCUT2D eigenvalue weighted by molar-refractivity contribution is 4.98. The van der Waals surface area contributed by atoms with Crippen LogP contribution in [0.2, 0.25) is 0 Å². The maximum Gasteiger partial charge on any atom is 0.0116 e. The highest BCUT2D eigenvalue weighted by atomic mass is 15.3. The lowest BCUT2D eigenvalue weighted by atomic mass is 9.74. The van der Waals surface area contributed by atoms with Crippen molar-refractivity contribution in [2.24, 2.45) is 11.7 Å². The molecular formula is C10H20N2. The van der Waals surface area contributed by atoms with Crippen molar-refractivity contribution in [1.29, 1.82) is 0 Å². The van der Waals surface area contributed by atoms with E-state index < -0.39 is 0 Å². The molecule has 2 atom stereocenters. The zero-order valence-corrected chi connectivity index (χ0v) is 8.00. The zero-order chi connectivity index (χ0) is 8.55. The molecule has 2 aliphatic heterocycles. The van der Waals surface area contributed by atoms with Crippen molar-refractivity contribution in [3.05, 3.63) is 0 Å². The molecule has 3 rings (SSSR count). The van der Waals surface area contributed by atoms with Gasteiger partial charge in [0.05, 0.1) is 0 Å². The number of fused-ring (bicyclic) bond motifs is 2. The van der Waals surface area contributed by atoms with E-state index in [9.17, 15) is 0 Å². The summed E-state index contributed by atoms with van der Waals surface area (Å²) in [6.07, 6.45) is 5.51. The highest BCUT2D eigenvalue weighted by Gasteiger charge is 2.42. The second-order valence-corrected chi connectivity index (χ2v) is 4.50. The van der Waals surface area contributed by atoms with E-state index in [4.69, 9.17) is 5.73 Å². The quantitative estimate of drug-likeness (QED) is 0.686. The topological polar surface area (TPSA) is 29.3 Å². The van der Waals surface area contributed by atoms with E-state index >= 15 is 0 Å². The van der Waals surface area contributed by atoms with Gasteiger partial charge in [0, 0.05) is 12.1 Å².